The van der Waals surface area contributed by atoms with Crippen LogP contribution in [0.2, 0.25) is 0 Å². The fourth-order valence-corrected chi connectivity index (χ4v) is 7.20. The van der Waals surface area contributed by atoms with E-state index in [9.17, 15) is 24.3 Å². The zero-order chi connectivity index (χ0) is 39.9. The average Bonchev–Trinajstić information content (AvgIpc) is 3.60. The highest BCUT2D eigenvalue weighted by molar-refractivity contribution is 7.09. The van der Waals surface area contributed by atoms with Gasteiger partial charge in [-0.2, -0.15) is 0 Å². The summed E-state index contributed by atoms with van der Waals surface area (Å²) >= 11 is 1.36. The van der Waals surface area contributed by atoms with Crippen molar-refractivity contribution in [3.05, 3.63) is 130 Å². The first-order valence-electron chi connectivity index (χ1n) is 18.8. The fraction of sp³-hybridized carbons (Fsp3) is 0.349. The maximum Gasteiger partial charge on any atom is 0.408 e. The molecule has 5 N–H and O–H groups in total. The number of nitrogens with one attached hydrogen (secondary N) is 4. The van der Waals surface area contributed by atoms with E-state index >= 15 is 0 Å². The van der Waals surface area contributed by atoms with Gasteiger partial charge < -0.3 is 31.1 Å². The summed E-state index contributed by atoms with van der Waals surface area (Å²) in [6.07, 6.45) is 0.630. The van der Waals surface area contributed by atoms with Crippen LogP contribution in [0, 0.1) is 12.8 Å². The van der Waals surface area contributed by atoms with E-state index < -0.39 is 42.1 Å². The van der Waals surface area contributed by atoms with Gasteiger partial charge in [-0.1, -0.05) is 92.7 Å². The number of ether oxygens (including phenoxy) is 1. The molecular weight excluding hydrogens is 729 g/mol. The Labute approximate surface area is 331 Å². The Bertz CT molecular complexity index is 2040. The van der Waals surface area contributed by atoms with Crippen LogP contribution in [-0.2, 0) is 45.0 Å². The van der Waals surface area contributed by atoms with E-state index in [-0.39, 0.29) is 37.7 Å². The molecule has 0 aliphatic rings. The Kier molecular flexibility index (Phi) is 15.5. The monoisotopic (exact) mass is 778 g/mol. The maximum absolute atomic E-state index is 14.3. The summed E-state index contributed by atoms with van der Waals surface area (Å²) < 4.78 is 5.50. The summed E-state index contributed by atoms with van der Waals surface area (Å²) in [5.74, 6) is -1.43. The summed E-state index contributed by atoms with van der Waals surface area (Å²) in [6, 6.07) is 25.3. The summed E-state index contributed by atoms with van der Waals surface area (Å²) in [7, 11) is 0. The smallest absolute Gasteiger partial charge is 0.408 e. The van der Waals surface area contributed by atoms with Gasteiger partial charge >= 0.3 is 6.09 Å². The quantitative estimate of drug-likeness (QED) is 0.0761. The molecule has 5 rings (SSSR count). The highest BCUT2D eigenvalue weighted by atomic mass is 32.1. The van der Waals surface area contributed by atoms with Crippen LogP contribution in [0.1, 0.15) is 54.1 Å². The summed E-state index contributed by atoms with van der Waals surface area (Å²) in [6.45, 7) is 6.10. The topological polar surface area (TPSA) is 172 Å². The molecule has 0 saturated heterocycles. The number of carbonyl (C=O) groups is 4. The number of benzene rings is 3. The van der Waals surface area contributed by atoms with Gasteiger partial charge in [0.1, 0.15) is 18.7 Å². The van der Waals surface area contributed by atoms with E-state index in [2.05, 4.69) is 31.2 Å². The molecule has 2 unspecified atom stereocenters. The van der Waals surface area contributed by atoms with Gasteiger partial charge in [0.15, 0.2) is 0 Å². The van der Waals surface area contributed by atoms with Crippen molar-refractivity contribution in [1.29, 1.82) is 0 Å². The van der Waals surface area contributed by atoms with E-state index in [1.165, 1.54) is 11.3 Å². The number of pyridine rings is 1. The molecule has 2 heterocycles. The first-order chi connectivity index (χ1) is 27.0. The number of hydrogen-bond donors (Lipinski definition) is 5. The van der Waals surface area contributed by atoms with Crippen molar-refractivity contribution in [2.75, 3.05) is 6.54 Å². The van der Waals surface area contributed by atoms with E-state index in [1.807, 2.05) is 112 Å². The molecular formula is C43H50N6O6S. The molecule has 2 aromatic heterocycles. The molecule has 0 fully saturated rings. The van der Waals surface area contributed by atoms with Gasteiger partial charge in [0.2, 0.25) is 17.7 Å². The van der Waals surface area contributed by atoms with Crippen LogP contribution in [0.15, 0.2) is 103 Å². The second-order valence-corrected chi connectivity index (χ2v) is 15.1. The zero-order valence-corrected chi connectivity index (χ0v) is 32.8. The van der Waals surface area contributed by atoms with Crippen molar-refractivity contribution < 1.29 is 29.0 Å². The Morgan fingerprint density at radius 3 is 2.25 bits per heavy atom. The van der Waals surface area contributed by atoms with Crippen LogP contribution in [0.4, 0.5) is 4.79 Å². The molecule has 0 spiro atoms. The average molecular weight is 779 g/mol. The molecule has 12 nitrogen and oxygen atoms in total. The lowest BCUT2D eigenvalue weighted by molar-refractivity contribution is -0.131. The number of aliphatic hydroxyl groups is 1. The number of thiazole rings is 1. The normalized spacial score (nSPS) is 13.3. The van der Waals surface area contributed by atoms with Crippen LogP contribution in [0.5, 0.6) is 0 Å². The van der Waals surface area contributed by atoms with E-state index in [0.717, 1.165) is 38.2 Å². The zero-order valence-electron chi connectivity index (χ0n) is 31.9. The van der Waals surface area contributed by atoms with Gasteiger partial charge in [0.25, 0.3) is 0 Å². The van der Waals surface area contributed by atoms with Crippen molar-refractivity contribution in [3.63, 3.8) is 0 Å². The lowest BCUT2D eigenvalue weighted by Crippen LogP contribution is -2.57. The van der Waals surface area contributed by atoms with Crippen molar-refractivity contribution in [2.45, 2.75) is 83.7 Å². The first kappa shape index (κ1) is 41.5. The van der Waals surface area contributed by atoms with Crippen molar-refractivity contribution in [1.82, 2.24) is 31.2 Å². The molecule has 0 radical (unpaired) electrons. The first-order valence-corrected chi connectivity index (χ1v) is 19.7. The number of aryl methyl sites for hydroxylation is 1. The Morgan fingerprint density at radius 2 is 1.52 bits per heavy atom. The predicted octanol–water partition coefficient (Wildman–Crippen LogP) is 5.21. The molecule has 294 valence electrons. The second-order valence-electron chi connectivity index (χ2n) is 14.2. The highest BCUT2D eigenvalue weighted by Gasteiger charge is 2.32. The van der Waals surface area contributed by atoms with Crippen molar-refractivity contribution in [2.24, 2.45) is 5.92 Å². The predicted molar refractivity (Wildman–Crippen MR) is 217 cm³/mol. The Hall–Kier alpha value is -5.66. The molecule has 56 heavy (non-hydrogen) atoms. The summed E-state index contributed by atoms with van der Waals surface area (Å²) in [4.78, 5) is 63.9. The van der Waals surface area contributed by atoms with Crippen LogP contribution in [0.25, 0.3) is 10.8 Å². The summed E-state index contributed by atoms with van der Waals surface area (Å²) in [5.41, 5.74) is 4.84. The Morgan fingerprint density at radius 1 is 0.804 bits per heavy atom. The number of carbonyl (C=O) groups excluding carboxylic acids is 4. The van der Waals surface area contributed by atoms with Crippen LogP contribution >= 0.6 is 11.3 Å². The van der Waals surface area contributed by atoms with E-state index in [4.69, 9.17) is 4.74 Å². The third-order valence-corrected chi connectivity index (χ3v) is 10.3. The Balaban J connectivity index is 1.32. The minimum atomic E-state index is -1.20. The number of amides is 4. The van der Waals surface area contributed by atoms with Gasteiger partial charge in [0, 0.05) is 42.6 Å². The number of alkyl carbamates (subject to hydrolysis) is 1. The van der Waals surface area contributed by atoms with Crippen molar-refractivity contribution in [3.8, 4) is 0 Å². The van der Waals surface area contributed by atoms with Gasteiger partial charge in [-0.05, 0) is 53.3 Å². The van der Waals surface area contributed by atoms with E-state index in [0.29, 0.717) is 19.4 Å². The minimum absolute atomic E-state index is 0.00673. The number of fused-ring (bicyclic) bond motifs is 1. The SMILES string of the molecule is Cc1ncsc1C[C@H](NC(=O)[C@H](Cc1cccc2ccccc12)NC(=O)OCc1ccccc1)C(=O)NC(CC(C)C)C(O)CC(=O)NCCc1ccccn1. The van der Waals surface area contributed by atoms with Gasteiger partial charge in [-0.25, -0.2) is 9.78 Å². The van der Waals surface area contributed by atoms with Crippen LogP contribution < -0.4 is 21.3 Å². The number of aliphatic hydroxyl groups excluding tert-OH is 1. The molecule has 0 saturated carbocycles. The minimum Gasteiger partial charge on any atom is -0.445 e. The van der Waals surface area contributed by atoms with Crippen LogP contribution in [0.3, 0.4) is 0 Å². The second kappa shape index (κ2) is 20.9. The number of rotatable bonds is 19. The molecule has 4 amide bonds. The number of hydrogen-bond acceptors (Lipinski definition) is 9. The third-order valence-electron chi connectivity index (χ3n) is 9.33. The third kappa shape index (κ3) is 12.7. The van der Waals surface area contributed by atoms with Gasteiger partial charge in [0.05, 0.1) is 29.8 Å². The van der Waals surface area contributed by atoms with E-state index in [1.54, 1.807) is 11.7 Å². The number of aromatic nitrogens is 2. The fourth-order valence-electron chi connectivity index (χ4n) is 6.38. The largest absolute Gasteiger partial charge is 0.445 e. The molecule has 4 atom stereocenters. The highest BCUT2D eigenvalue weighted by Crippen LogP contribution is 2.21. The lowest BCUT2D eigenvalue weighted by atomic mass is 9.96. The maximum atomic E-state index is 14.3. The van der Waals surface area contributed by atoms with Gasteiger partial charge in [-0.3, -0.25) is 19.4 Å². The molecule has 5 aromatic rings. The summed E-state index contributed by atoms with van der Waals surface area (Å²) in [5, 5.41) is 24.6. The molecule has 0 aliphatic heterocycles. The lowest BCUT2D eigenvalue weighted by Gasteiger charge is -2.29. The van der Waals surface area contributed by atoms with Crippen LogP contribution in [-0.4, -0.2) is 69.7 Å². The van der Waals surface area contributed by atoms with Crippen molar-refractivity contribution >= 4 is 45.9 Å². The standard InChI is InChI=1S/C43H50N6O6S/c1-28(2)22-35(38(50)25-40(51)45-21-19-33-17-9-10-20-44-33)47-42(53)37(24-39-29(3)46-27-56-39)48-41(52)36(49-43(54)55-26-30-12-5-4-6-13-30)23-32-16-11-15-31-14-7-8-18-34(31)32/h4-18,20,27-28,35-38,50H,19,21-26H2,1-3H3,(H,45,51)(H,47,53)(H,48,52)(H,49,54)/t35?,36-,37-,38?/m0/s1. The molecule has 3 aromatic carbocycles. The van der Waals surface area contributed by atoms with Gasteiger partial charge in [-0.15, -0.1) is 11.3 Å². The molecule has 0 bridgehead atoms. The number of nitrogens with zero attached hydrogens (tertiary/aromatic N) is 2. The molecule has 13 heteroatoms. The molecule has 0 aliphatic carbocycles.